The van der Waals surface area contributed by atoms with E-state index in [0.717, 1.165) is 5.56 Å². The summed E-state index contributed by atoms with van der Waals surface area (Å²) in [4.78, 5) is 24.4. The first kappa shape index (κ1) is 22.8. The molecule has 1 unspecified atom stereocenters. The molecule has 0 amide bonds. The molecule has 3 rings (SSSR count). The average Bonchev–Trinajstić information content (AvgIpc) is 2.85. The molecule has 0 aliphatic heterocycles. The van der Waals surface area contributed by atoms with Gasteiger partial charge in [-0.2, -0.15) is 0 Å². The fourth-order valence-electron chi connectivity index (χ4n) is 2.81. The minimum atomic E-state index is -0.552. The van der Waals surface area contributed by atoms with E-state index >= 15 is 0 Å². The highest BCUT2D eigenvalue weighted by atomic mass is 16.6. The Morgan fingerprint density at radius 3 is 1.91 bits per heavy atom. The first-order valence-electron chi connectivity index (χ1n) is 10.3. The van der Waals surface area contributed by atoms with Gasteiger partial charge in [-0.1, -0.05) is 78.6 Å². The van der Waals surface area contributed by atoms with Crippen molar-refractivity contribution in [1.82, 2.24) is 0 Å². The summed E-state index contributed by atoms with van der Waals surface area (Å²) < 4.78 is 16.5. The van der Waals surface area contributed by atoms with Crippen LogP contribution >= 0.6 is 0 Å². The van der Waals surface area contributed by atoms with Gasteiger partial charge in [0.15, 0.2) is 6.61 Å². The highest BCUT2D eigenvalue weighted by molar-refractivity contribution is 5.89. The van der Waals surface area contributed by atoms with Gasteiger partial charge >= 0.3 is 11.9 Å². The summed E-state index contributed by atoms with van der Waals surface area (Å²) in [7, 11) is 0. The van der Waals surface area contributed by atoms with Gasteiger partial charge in [-0.05, 0) is 29.8 Å². The van der Waals surface area contributed by atoms with Crippen LogP contribution in [0, 0.1) is 11.8 Å². The molecule has 0 bridgehead atoms. The third-order valence-electron chi connectivity index (χ3n) is 4.44. The van der Waals surface area contributed by atoms with E-state index in [1.807, 2.05) is 42.5 Å². The molecule has 5 nitrogen and oxygen atoms in total. The number of hydrogen-bond acceptors (Lipinski definition) is 5. The van der Waals surface area contributed by atoms with Gasteiger partial charge in [0, 0.05) is 6.42 Å². The predicted octanol–water partition coefficient (Wildman–Crippen LogP) is 4.68. The van der Waals surface area contributed by atoms with E-state index in [2.05, 4.69) is 11.8 Å². The van der Waals surface area contributed by atoms with Crippen LogP contribution in [-0.4, -0.2) is 31.3 Å². The molecule has 0 aliphatic carbocycles. The number of rotatable bonds is 9. The Hall–Kier alpha value is -3.88. The van der Waals surface area contributed by atoms with E-state index in [4.69, 9.17) is 14.2 Å². The second kappa shape index (κ2) is 12.7. The molecule has 0 saturated heterocycles. The van der Waals surface area contributed by atoms with Gasteiger partial charge < -0.3 is 14.2 Å². The van der Waals surface area contributed by atoms with Crippen molar-refractivity contribution in [2.75, 3.05) is 13.2 Å². The van der Waals surface area contributed by atoms with E-state index in [1.165, 1.54) is 0 Å². The Labute approximate surface area is 187 Å². The Balaban J connectivity index is 1.52. The van der Waals surface area contributed by atoms with Gasteiger partial charge in [0.05, 0.1) is 24.3 Å². The number of benzene rings is 3. The van der Waals surface area contributed by atoms with E-state index in [1.54, 1.807) is 48.5 Å². The first-order valence-corrected chi connectivity index (χ1v) is 10.3. The number of hydrogen-bond donors (Lipinski definition) is 0. The highest BCUT2D eigenvalue weighted by Crippen LogP contribution is 2.09. The largest absolute Gasteiger partial charge is 0.455 e. The Kier molecular flexibility index (Phi) is 9.07. The van der Waals surface area contributed by atoms with Crippen LogP contribution in [0.3, 0.4) is 0 Å². The van der Waals surface area contributed by atoms with Gasteiger partial charge in [0.1, 0.15) is 6.10 Å². The maximum Gasteiger partial charge on any atom is 0.339 e. The van der Waals surface area contributed by atoms with Crippen molar-refractivity contribution in [3.05, 3.63) is 108 Å². The lowest BCUT2D eigenvalue weighted by Gasteiger charge is -2.16. The predicted molar refractivity (Wildman–Crippen MR) is 121 cm³/mol. The van der Waals surface area contributed by atoms with Crippen molar-refractivity contribution >= 4 is 11.9 Å². The quantitative estimate of drug-likeness (QED) is 0.366. The van der Waals surface area contributed by atoms with Crippen LogP contribution < -0.4 is 0 Å². The number of esters is 2. The van der Waals surface area contributed by atoms with E-state index < -0.39 is 18.0 Å². The zero-order chi connectivity index (χ0) is 22.4. The molecule has 0 fully saturated rings. The molecular formula is C27H24O5. The fourth-order valence-corrected chi connectivity index (χ4v) is 2.81. The zero-order valence-electron chi connectivity index (χ0n) is 17.6. The lowest BCUT2D eigenvalue weighted by molar-refractivity contribution is -0.00630. The summed E-state index contributed by atoms with van der Waals surface area (Å²) in [5.41, 5.74) is 1.96. The van der Waals surface area contributed by atoms with Gasteiger partial charge in [-0.15, -0.1) is 0 Å². The number of ether oxygens (including phenoxy) is 3. The first-order chi connectivity index (χ1) is 15.7. The van der Waals surface area contributed by atoms with E-state index in [0.29, 0.717) is 17.7 Å². The van der Waals surface area contributed by atoms with Crippen molar-refractivity contribution < 1.29 is 23.8 Å². The van der Waals surface area contributed by atoms with Crippen LogP contribution in [0.15, 0.2) is 91.0 Å². The molecule has 0 saturated carbocycles. The normalized spacial score (nSPS) is 11.0. The molecule has 32 heavy (non-hydrogen) atoms. The van der Waals surface area contributed by atoms with Crippen LogP contribution in [-0.2, 0) is 20.8 Å². The van der Waals surface area contributed by atoms with Crippen molar-refractivity contribution in [1.29, 1.82) is 0 Å². The lowest BCUT2D eigenvalue weighted by atomic mass is 10.2. The van der Waals surface area contributed by atoms with Gasteiger partial charge in [-0.25, -0.2) is 9.59 Å². The lowest BCUT2D eigenvalue weighted by Crippen LogP contribution is -2.23. The summed E-state index contributed by atoms with van der Waals surface area (Å²) >= 11 is 0. The van der Waals surface area contributed by atoms with Crippen molar-refractivity contribution in [2.45, 2.75) is 19.1 Å². The Morgan fingerprint density at radius 1 is 0.719 bits per heavy atom. The monoisotopic (exact) mass is 428 g/mol. The molecule has 0 aliphatic rings. The third-order valence-corrected chi connectivity index (χ3v) is 4.44. The molecule has 0 spiro atoms. The second-order valence-corrected chi connectivity index (χ2v) is 6.89. The van der Waals surface area contributed by atoms with Crippen LogP contribution in [0.2, 0.25) is 0 Å². The minimum Gasteiger partial charge on any atom is -0.455 e. The molecule has 0 radical (unpaired) electrons. The smallest absolute Gasteiger partial charge is 0.339 e. The summed E-state index contributed by atoms with van der Waals surface area (Å²) in [6.07, 6.45) is -0.292. The van der Waals surface area contributed by atoms with Crippen molar-refractivity contribution in [3.63, 3.8) is 0 Å². The topological polar surface area (TPSA) is 61.8 Å². The molecule has 0 N–H and O–H groups in total. The molecule has 162 valence electrons. The average molecular weight is 428 g/mol. The van der Waals surface area contributed by atoms with E-state index in [9.17, 15) is 9.59 Å². The van der Waals surface area contributed by atoms with Crippen molar-refractivity contribution in [2.24, 2.45) is 0 Å². The highest BCUT2D eigenvalue weighted by Gasteiger charge is 2.15. The maximum absolute atomic E-state index is 12.4. The third kappa shape index (κ3) is 7.75. The molecule has 0 heterocycles. The summed E-state index contributed by atoms with van der Waals surface area (Å²) in [5.74, 6) is 4.84. The SMILES string of the molecule is O=C(OCC#CCC(COCc1ccccc1)OC(=O)c1ccccc1)c1ccccc1. The molecule has 0 aromatic heterocycles. The Morgan fingerprint density at radius 2 is 1.28 bits per heavy atom. The molecular weight excluding hydrogens is 404 g/mol. The van der Waals surface area contributed by atoms with Gasteiger partial charge in [0.25, 0.3) is 0 Å². The molecule has 3 aromatic carbocycles. The minimum absolute atomic E-state index is 0.0437. The molecule has 3 aromatic rings. The summed E-state index contributed by atoms with van der Waals surface area (Å²) in [5, 5.41) is 0. The van der Waals surface area contributed by atoms with Gasteiger partial charge in [0.2, 0.25) is 0 Å². The van der Waals surface area contributed by atoms with E-state index in [-0.39, 0.29) is 19.6 Å². The standard InChI is InChI=1S/C27H24O5/c28-26(23-14-6-2-7-15-23)31-19-11-10-18-25(21-30-20-22-12-4-1-5-13-22)32-27(29)24-16-8-3-9-17-24/h1-9,12-17,25H,18-21H2. The molecule has 5 heteroatoms. The number of carbonyl (C=O) groups is 2. The fraction of sp³-hybridized carbons (Fsp3) is 0.185. The van der Waals surface area contributed by atoms with Crippen LogP contribution in [0.1, 0.15) is 32.7 Å². The van der Waals surface area contributed by atoms with Crippen LogP contribution in [0.4, 0.5) is 0 Å². The second-order valence-electron chi connectivity index (χ2n) is 6.89. The summed E-state index contributed by atoms with van der Waals surface area (Å²) in [6.45, 7) is 0.562. The zero-order valence-corrected chi connectivity index (χ0v) is 17.6. The maximum atomic E-state index is 12.4. The number of carbonyl (C=O) groups excluding carboxylic acids is 2. The van der Waals surface area contributed by atoms with Crippen LogP contribution in [0.25, 0.3) is 0 Å². The van der Waals surface area contributed by atoms with Crippen LogP contribution in [0.5, 0.6) is 0 Å². The Bertz CT molecular complexity index is 1040. The summed E-state index contributed by atoms with van der Waals surface area (Å²) in [6, 6.07) is 27.2. The van der Waals surface area contributed by atoms with Crippen molar-refractivity contribution in [3.8, 4) is 11.8 Å². The molecule has 1 atom stereocenters. The van der Waals surface area contributed by atoms with Gasteiger partial charge in [-0.3, -0.25) is 0 Å².